The fraction of sp³-hybridized carbons (Fsp3) is 0.800. The van der Waals surface area contributed by atoms with Gasteiger partial charge in [0.15, 0.2) is 0 Å². The standard InChI is InChI=1S/C10H21N/c1-5-7-10(3,4)9-11-8-6-2/h6,11H,2,5,7-9H2,1,3-4H3. The first-order valence-electron chi connectivity index (χ1n) is 4.44. The van der Waals surface area contributed by atoms with Gasteiger partial charge in [-0.15, -0.1) is 6.58 Å². The first-order valence-corrected chi connectivity index (χ1v) is 4.44. The van der Waals surface area contributed by atoms with E-state index in [0.29, 0.717) is 5.41 Å². The van der Waals surface area contributed by atoms with E-state index in [-0.39, 0.29) is 0 Å². The van der Waals surface area contributed by atoms with E-state index in [2.05, 4.69) is 32.7 Å². The quantitative estimate of drug-likeness (QED) is 0.459. The fourth-order valence-corrected chi connectivity index (χ4v) is 1.28. The van der Waals surface area contributed by atoms with Crippen molar-refractivity contribution in [2.24, 2.45) is 5.41 Å². The van der Waals surface area contributed by atoms with E-state index in [1.807, 2.05) is 6.08 Å². The second-order valence-corrected chi connectivity index (χ2v) is 3.83. The Hall–Kier alpha value is -0.300. The van der Waals surface area contributed by atoms with Gasteiger partial charge in [0.2, 0.25) is 0 Å². The van der Waals surface area contributed by atoms with Crippen molar-refractivity contribution in [3.8, 4) is 0 Å². The van der Waals surface area contributed by atoms with Crippen molar-refractivity contribution in [3.05, 3.63) is 12.7 Å². The Morgan fingerprint density at radius 2 is 2.09 bits per heavy atom. The van der Waals surface area contributed by atoms with Crippen LogP contribution < -0.4 is 5.32 Å². The maximum atomic E-state index is 3.66. The normalized spacial score (nSPS) is 11.5. The maximum absolute atomic E-state index is 3.66. The van der Waals surface area contributed by atoms with Gasteiger partial charge in [0.1, 0.15) is 0 Å². The molecule has 0 heterocycles. The second-order valence-electron chi connectivity index (χ2n) is 3.83. The van der Waals surface area contributed by atoms with Crippen LogP contribution in [0.2, 0.25) is 0 Å². The van der Waals surface area contributed by atoms with Crippen LogP contribution in [0.5, 0.6) is 0 Å². The highest BCUT2D eigenvalue weighted by molar-refractivity contribution is 4.75. The molecule has 0 aliphatic rings. The second kappa shape index (κ2) is 5.36. The van der Waals surface area contributed by atoms with Crippen molar-refractivity contribution in [1.82, 2.24) is 5.32 Å². The van der Waals surface area contributed by atoms with Crippen LogP contribution in [0, 0.1) is 5.41 Å². The van der Waals surface area contributed by atoms with Crippen molar-refractivity contribution < 1.29 is 0 Å². The maximum Gasteiger partial charge on any atom is 0.0132 e. The van der Waals surface area contributed by atoms with Gasteiger partial charge in [0, 0.05) is 13.1 Å². The molecule has 0 amide bonds. The molecule has 0 aromatic heterocycles. The molecule has 0 aromatic carbocycles. The zero-order chi connectivity index (χ0) is 8.74. The molecule has 0 rings (SSSR count). The molecule has 1 N–H and O–H groups in total. The van der Waals surface area contributed by atoms with Gasteiger partial charge in [-0.3, -0.25) is 0 Å². The molecule has 0 saturated heterocycles. The predicted octanol–water partition coefficient (Wildman–Crippen LogP) is 2.59. The van der Waals surface area contributed by atoms with E-state index < -0.39 is 0 Å². The third-order valence-corrected chi connectivity index (χ3v) is 1.82. The summed E-state index contributed by atoms with van der Waals surface area (Å²) in [6.45, 7) is 12.5. The van der Waals surface area contributed by atoms with Gasteiger partial charge in [-0.25, -0.2) is 0 Å². The average molecular weight is 155 g/mol. The largest absolute Gasteiger partial charge is 0.313 e. The lowest BCUT2D eigenvalue weighted by atomic mass is 9.88. The lowest BCUT2D eigenvalue weighted by molar-refractivity contribution is 0.316. The zero-order valence-electron chi connectivity index (χ0n) is 8.11. The Balaban J connectivity index is 3.45. The Morgan fingerprint density at radius 3 is 2.55 bits per heavy atom. The molecular formula is C10H21N. The van der Waals surface area contributed by atoms with Crippen molar-refractivity contribution >= 4 is 0 Å². The molecule has 0 bridgehead atoms. The first-order chi connectivity index (χ1) is 5.12. The summed E-state index contributed by atoms with van der Waals surface area (Å²) in [5.74, 6) is 0. The topological polar surface area (TPSA) is 12.0 Å². The van der Waals surface area contributed by atoms with Crippen LogP contribution in [0.15, 0.2) is 12.7 Å². The van der Waals surface area contributed by atoms with Gasteiger partial charge in [0.25, 0.3) is 0 Å². The SMILES string of the molecule is C=CCNCC(C)(C)CCC. The Morgan fingerprint density at radius 1 is 1.45 bits per heavy atom. The molecule has 0 aromatic rings. The molecule has 66 valence electrons. The van der Waals surface area contributed by atoms with E-state index in [9.17, 15) is 0 Å². The van der Waals surface area contributed by atoms with Crippen LogP contribution in [0.1, 0.15) is 33.6 Å². The molecular weight excluding hydrogens is 134 g/mol. The van der Waals surface area contributed by atoms with Crippen molar-refractivity contribution in [2.45, 2.75) is 33.6 Å². The average Bonchev–Trinajstić information content (AvgIpc) is 1.87. The minimum Gasteiger partial charge on any atom is -0.313 e. The zero-order valence-corrected chi connectivity index (χ0v) is 8.11. The summed E-state index contributed by atoms with van der Waals surface area (Å²) in [4.78, 5) is 0. The Labute approximate surface area is 70.9 Å². The van der Waals surface area contributed by atoms with E-state index in [1.165, 1.54) is 12.8 Å². The lowest BCUT2D eigenvalue weighted by Gasteiger charge is -2.23. The first kappa shape index (κ1) is 10.7. The summed E-state index contributed by atoms with van der Waals surface area (Å²) in [7, 11) is 0. The molecule has 1 nitrogen and oxygen atoms in total. The smallest absolute Gasteiger partial charge is 0.0132 e. The van der Waals surface area contributed by atoms with Crippen LogP contribution in [-0.4, -0.2) is 13.1 Å². The van der Waals surface area contributed by atoms with Gasteiger partial charge >= 0.3 is 0 Å². The highest BCUT2D eigenvalue weighted by Gasteiger charge is 2.14. The summed E-state index contributed by atoms with van der Waals surface area (Å²) in [6, 6.07) is 0. The fourth-order valence-electron chi connectivity index (χ4n) is 1.28. The summed E-state index contributed by atoms with van der Waals surface area (Å²) >= 11 is 0. The van der Waals surface area contributed by atoms with Crippen molar-refractivity contribution in [3.63, 3.8) is 0 Å². The highest BCUT2D eigenvalue weighted by Crippen LogP contribution is 2.20. The van der Waals surface area contributed by atoms with Crippen LogP contribution >= 0.6 is 0 Å². The summed E-state index contributed by atoms with van der Waals surface area (Å²) in [5.41, 5.74) is 0.442. The van der Waals surface area contributed by atoms with E-state index in [4.69, 9.17) is 0 Å². The Bertz CT molecular complexity index is 105. The molecule has 0 fully saturated rings. The molecule has 0 atom stereocenters. The minimum atomic E-state index is 0.442. The molecule has 0 aliphatic carbocycles. The van der Waals surface area contributed by atoms with Gasteiger partial charge in [0.05, 0.1) is 0 Å². The molecule has 0 spiro atoms. The molecule has 0 radical (unpaired) electrons. The molecule has 0 aliphatic heterocycles. The summed E-state index contributed by atoms with van der Waals surface area (Å²) in [6.07, 6.45) is 4.46. The van der Waals surface area contributed by atoms with Gasteiger partial charge in [-0.05, 0) is 11.8 Å². The molecule has 11 heavy (non-hydrogen) atoms. The number of hydrogen-bond donors (Lipinski definition) is 1. The van der Waals surface area contributed by atoms with E-state index in [0.717, 1.165) is 13.1 Å². The molecule has 1 heteroatoms. The summed E-state index contributed by atoms with van der Waals surface area (Å²) in [5, 5.41) is 3.34. The number of nitrogens with one attached hydrogen (secondary N) is 1. The minimum absolute atomic E-state index is 0.442. The van der Waals surface area contributed by atoms with Crippen LogP contribution in [0.4, 0.5) is 0 Å². The molecule has 0 saturated carbocycles. The third kappa shape index (κ3) is 6.11. The van der Waals surface area contributed by atoms with Crippen LogP contribution in [0.25, 0.3) is 0 Å². The van der Waals surface area contributed by atoms with Crippen LogP contribution in [-0.2, 0) is 0 Å². The molecule has 0 unspecified atom stereocenters. The van der Waals surface area contributed by atoms with Crippen molar-refractivity contribution in [1.29, 1.82) is 0 Å². The van der Waals surface area contributed by atoms with Gasteiger partial charge in [-0.1, -0.05) is 33.3 Å². The van der Waals surface area contributed by atoms with Gasteiger partial charge < -0.3 is 5.32 Å². The predicted molar refractivity (Wildman–Crippen MR) is 51.8 cm³/mol. The lowest BCUT2D eigenvalue weighted by Crippen LogP contribution is -2.29. The van der Waals surface area contributed by atoms with Crippen molar-refractivity contribution in [2.75, 3.05) is 13.1 Å². The van der Waals surface area contributed by atoms with E-state index >= 15 is 0 Å². The van der Waals surface area contributed by atoms with E-state index in [1.54, 1.807) is 0 Å². The monoisotopic (exact) mass is 155 g/mol. The third-order valence-electron chi connectivity index (χ3n) is 1.82. The Kier molecular flexibility index (Phi) is 5.22. The highest BCUT2D eigenvalue weighted by atomic mass is 14.9. The van der Waals surface area contributed by atoms with Gasteiger partial charge in [-0.2, -0.15) is 0 Å². The number of rotatable bonds is 6. The number of hydrogen-bond acceptors (Lipinski definition) is 1. The van der Waals surface area contributed by atoms with Crippen LogP contribution in [0.3, 0.4) is 0 Å². The summed E-state index contributed by atoms with van der Waals surface area (Å²) < 4.78 is 0.